The molecule has 4 rings (SSSR count). The second-order valence-corrected chi connectivity index (χ2v) is 9.52. The number of rotatable bonds is 3. The lowest BCUT2D eigenvalue weighted by atomic mass is 10.1. The van der Waals surface area contributed by atoms with Gasteiger partial charge in [-0.1, -0.05) is 11.6 Å². The first-order chi connectivity index (χ1) is 11.5. The molecule has 0 unspecified atom stereocenters. The Labute approximate surface area is 148 Å². The van der Waals surface area contributed by atoms with Gasteiger partial charge in [0.05, 0.1) is 11.4 Å². The predicted octanol–water partition coefficient (Wildman–Crippen LogP) is 3.64. The van der Waals surface area contributed by atoms with Crippen molar-refractivity contribution in [1.82, 2.24) is 9.29 Å². The van der Waals surface area contributed by atoms with Crippen LogP contribution in [0.1, 0.15) is 11.3 Å². The van der Waals surface area contributed by atoms with E-state index in [0.717, 1.165) is 39.2 Å². The van der Waals surface area contributed by atoms with Crippen molar-refractivity contribution >= 4 is 43.9 Å². The van der Waals surface area contributed by atoms with Crippen LogP contribution in [0, 0.1) is 0 Å². The van der Waals surface area contributed by atoms with E-state index in [2.05, 4.69) is 4.98 Å². The Morgan fingerprint density at radius 1 is 1.29 bits per heavy atom. The summed E-state index contributed by atoms with van der Waals surface area (Å²) in [5.74, 6) is 0.759. The van der Waals surface area contributed by atoms with E-state index in [-0.39, 0.29) is 4.21 Å². The largest absolute Gasteiger partial charge is 0.497 e. The molecular formula is C16H15ClN2O3S2. The summed E-state index contributed by atoms with van der Waals surface area (Å²) in [5.41, 5.74) is 3.11. The number of halogens is 1. The lowest BCUT2D eigenvalue weighted by molar-refractivity contribution is 0.392. The van der Waals surface area contributed by atoms with Gasteiger partial charge in [0.1, 0.15) is 9.96 Å². The molecule has 1 aliphatic rings. The second kappa shape index (κ2) is 5.77. The van der Waals surface area contributed by atoms with Crippen molar-refractivity contribution < 1.29 is 13.2 Å². The van der Waals surface area contributed by atoms with E-state index < -0.39 is 10.0 Å². The molecule has 1 aromatic carbocycles. The van der Waals surface area contributed by atoms with Gasteiger partial charge in [0.15, 0.2) is 0 Å². The Kier molecular flexibility index (Phi) is 3.84. The van der Waals surface area contributed by atoms with Crippen molar-refractivity contribution in [2.75, 3.05) is 13.7 Å². The zero-order valence-electron chi connectivity index (χ0n) is 12.9. The van der Waals surface area contributed by atoms with Crippen LogP contribution >= 0.6 is 22.9 Å². The number of hydrogen-bond acceptors (Lipinski definition) is 4. The minimum atomic E-state index is -3.52. The van der Waals surface area contributed by atoms with Crippen LogP contribution in [0.5, 0.6) is 5.75 Å². The fourth-order valence-electron chi connectivity index (χ4n) is 3.06. The molecule has 8 heteroatoms. The van der Waals surface area contributed by atoms with E-state index >= 15 is 0 Å². The number of fused-ring (bicyclic) bond motifs is 3. The summed E-state index contributed by atoms with van der Waals surface area (Å²) in [6, 6.07) is 8.99. The Morgan fingerprint density at radius 3 is 2.83 bits per heavy atom. The number of aromatic amines is 1. The molecular weight excluding hydrogens is 368 g/mol. The molecule has 0 saturated carbocycles. The van der Waals surface area contributed by atoms with Crippen molar-refractivity contribution in [1.29, 1.82) is 0 Å². The number of nitrogens with one attached hydrogen (secondary N) is 1. The zero-order valence-corrected chi connectivity index (χ0v) is 15.3. The number of nitrogens with zero attached hydrogens (tertiary/aromatic N) is 1. The Bertz CT molecular complexity index is 1020. The van der Waals surface area contributed by atoms with Crippen LogP contribution in [0.15, 0.2) is 34.5 Å². The first kappa shape index (κ1) is 16.0. The minimum absolute atomic E-state index is 0.286. The Morgan fingerprint density at radius 2 is 2.12 bits per heavy atom. The van der Waals surface area contributed by atoms with Crippen LogP contribution in [0.2, 0.25) is 4.34 Å². The summed E-state index contributed by atoms with van der Waals surface area (Å²) in [6.45, 7) is 0.801. The van der Waals surface area contributed by atoms with E-state index in [9.17, 15) is 8.42 Å². The number of benzene rings is 1. The van der Waals surface area contributed by atoms with E-state index in [0.29, 0.717) is 23.8 Å². The van der Waals surface area contributed by atoms with Gasteiger partial charge in [-0.2, -0.15) is 4.31 Å². The van der Waals surface area contributed by atoms with Gasteiger partial charge in [-0.15, -0.1) is 11.3 Å². The average Bonchev–Trinajstić information content (AvgIpc) is 3.17. The SMILES string of the molecule is COc1ccc2[nH]c3c(c2c1)CN(S(=O)(=O)c1ccc(Cl)s1)CC3. The number of sulfonamides is 1. The summed E-state index contributed by atoms with van der Waals surface area (Å²) in [4.78, 5) is 3.39. The topological polar surface area (TPSA) is 62.4 Å². The molecule has 0 amide bonds. The molecule has 0 spiro atoms. The quantitative estimate of drug-likeness (QED) is 0.752. The van der Waals surface area contributed by atoms with Crippen molar-refractivity contribution in [2.24, 2.45) is 0 Å². The van der Waals surface area contributed by atoms with Crippen molar-refractivity contribution in [3.05, 3.63) is 45.9 Å². The number of H-pyrrole nitrogens is 1. The van der Waals surface area contributed by atoms with Crippen LogP contribution in [0.3, 0.4) is 0 Å². The number of methoxy groups -OCH3 is 1. The van der Waals surface area contributed by atoms with Gasteiger partial charge in [-0.25, -0.2) is 8.42 Å². The molecule has 0 bridgehead atoms. The van der Waals surface area contributed by atoms with E-state index in [4.69, 9.17) is 16.3 Å². The third kappa shape index (κ3) is 2.52. The summed E-state index contributed by atoms with van der Waals surface area (Å²) >= 11 is 6.99. The van der Waals surface area contributed by atoms with Crippen LogP contribution in [0.25, 0.3) is 10.9 Å². The van der Waals surface area contributed by atoms with Gasteiger partial charge in [0, 0.05) is 36.1 Å². The van der Waals surface area contributed by atoms with E-state index in [1.165, 1.54) is 4.31 Å². The lowest BCUT2D eigenvalue weighted by Gasteiger charge is -2.25. The summed E-state index contributed by atoms with van der Waals surface area (Å²) in [5, 5.41) is 1.01. The van der Waals surface area contributed by atoms with Crippen LogP contribution in [-0.2, 0) is 23.0 Å². The highest BCUT2D eigenvalue weighted by atomic mass is 35.5. The van der Waals surface area contributed by atoms with Crippen molar-refractivity contribution in [2.45, 2.75) is 17.2 Å². The molecule has 0 saturated heterocycles. The van der Waals surface area contributed by atoms with Gasteiger partial charge in [0.2, 0.25) is 0 Å². The zero-order chi connectivity index (χ0) is 16.9. The second-order valence-electron chi connectivity index (χ2n) is 5.64. The number of aromatic nitrogens is 1. The van der Waals surface area contributed by atoms with Gasteiger partial charge in [0.25, 0.3) is 10.0 Å². The monoisotopic (exact) mass is 382 g/mol. The lowest BCUT2D eigenvalue weighted by Crippen LogP contribution is -2.35. The van der Waals surface area contributed by atoms with Gasteiger partial charge in [-0.05, 0) is 35.9 Å². The Hall–Kier alpha value is -1.54. The molecule has 0 aliphatic carbocycles. The molecule has 3 aromatic rings. The molecule has 3 heterocycles. The predicted molar refractivity (Wildman–Crippen MR) is 95.5 cm³/mol. The molecule has 1 aliphatic heterocycles. The minimum Gasteiger partial charge on any atom is -0.497 e. The first-order valence-electron chi connectivity index (χ1n) is 7.42. The van der Waals surface area contributed by atoms with E-state index in [1.54, 1.807) is 19.2 Å². The molecule has 0 atom stereocenters. The number of hydrogen-bond donors (Lipinski definition) is 1. The van der Waals surface area contributed by atoms with Gasteiger partial charge >= 0.3 is 0 Å². The highest BCUT2D eigenvalue weighted by Crippen LogP contribution is 2.34. The Balaban J connectivity index is 1.75. The summed E-state index contributed by atoms with van der Waals surface area (Å²) in [6.07, 6.45) is 0.657. The first-order valence-corrected chi connectivity index (χ1v) is 10.1. The summed E-state index contributed by atoms with van der Waals surface area (Å²) in [7, 11) is -1.90. The van der Waals surface area contributed by atoms with Crippen molar-refractivity contribution in [3.63, 3.8) is 0 Å². The number of thiophene rings is 1. The van der Waals surface area contributed by atoms with E-state index in [1.807, 2.05) is 18.2 Å². The molecule has 24 heavy (non-hydrogen) atoms. The highest BCUT2D eigenvalue weighted by molar-refractivity contribution is 7.91. The molecule has 2 aromatic heterocycles. The third-order valence-electron chi connectivity index (χ3n) is 4.29. The molecule has 126 valence electrons. The highest BCUT2D eigenvalue weighted by Gasteiger charge is 2.31. The standard InChI is InChI=1S/C16H15ClN2O3S2/c1-22-10-2-3-13-11(8-10)12-9-19(7-6-14(12)18-13)24(20,21)16-5-4-15(17)23-16/h2-5,8,18H,6-7,9H2,1H3. The molecule has 5 nitrogen and oxygen atoms in total. The number of ether oxygens (including phenoxy) is 1. The van der Waals surface area contributed by atoms with Crippen molar-refractivity contribution in [3.8, 4) is 5.75 Å². The fraction of sp³-hybridized carbons (Fsp3) is 0.250. The average molecular weight is 383 g/mol. The van der Waals surface area contributed by atoms with Gasteiger partial charge in [-0.3, -0.25) is 0 Å². The van der Waals surface area contributed by atoms with Crippen LogP contribution in [-0.4, -0.2) is 31.4 Å². The van der Waals surface area contributed by atoms with Crippen LogP contribution in [0.4, 0.5) is 0 Å². The molecule has 0 radical (unpaired) electrons. The maximum absolute atomic E-state index is 12.8. The molecule has 0 fully saturated rings. The fourth-order valence-corrected chi connectivity index (χ4v) is 6.11. The maximum Gasteiger partial charge on any atom is 0.252 e. The third-order valence-corrected chi connectivity index (χ3v) is 7.83. The maximum atomic E-state index is 12.8. The normalized spacial score (nSPS) is 15.6. The van der Waals surface area contributed by atoms with Crippen LogP contribution < -0.4 is 4.74 Å². The summed E-state index contributed by atoms with van der Waals surface area (Å²) < 4.78 is 33.2. The smallest absolute Gasteiger partial charge is 0.252 e. The molecule has 1 N–H and O–H groups in total. The van der Waals surface area contributed by atoms with Gasteiger partial charge < -0.3 is 9.72 Å².